The lowest BCUT2D eigenvalue weighted by atomic mass is 10.1. The van der Waals surface area contributed by atoms with Crippen LogP contribution in [0.3, 0.4) is 0 Å². The predicted octanol–water partition coefficient (Wildman–Crippen LogP) is 5.93. The third-order valence-corrected chi connectivity index (χ3v) is 5.57. The first-order valence-electron chi connectivity index (χ1n) is 9.42. The molecule has 4 rings (SSSR count). The van der Waals surface area contributed by atoms with Gasteiger partial charge in [-0.1, -0.05) is 35.3 Å². The summed E-state index contributed by atoms with van der Waals surface area (Å²) >= 11 is 12.5. The first kappa shape index (κ1) is 21.0. The maximum absolute atomic E-state index is 11.7. The summed E-state index contributed by atoms with van der Waals surface area (Å²) in [6, 6.07) is 18.3. The van der Waals surface area contributed by atoms with Gasteiger partial charge >= 0.3 is 5.97 Å². The van der Waals surface area contributed by atoms with Crippen molar-refractivity contribution in [3.8, 4) is 5.75 Å². The third kappa shape index (κ3) is 4.45. The van der Waals surface area contributed by atoms with E-state index >= 15 is 0 Å². The number of benzene rings is 3. The minimum atomic E-state index is -0.372. The van der Waals surface area contributed by atoms with Gasteiger partial charge in [0.25, 0.3) is 0 Å². The number of hydrogen-bond donors (Lipinski definition) is 1. The van der Waals surface area contributed by atoms with Crippen LogP contribution in [-0.4, -0.2) is 29.7 Å². The Bertz CT molecular complexity index is 1240. The minimum Gasteiger partial charge on any atom is -0.497 e. The standard InChI is InChI=1S/C23H19Cl2N3O3/c1-30-17-9-7-16(8-10-17)26-23-27-20-11-18(24)19(25)12-21(20)28(23)13-14-3-5-15(6-4-14)22(29)31-2/h3-12H,13H2,1-2H3,(H,26,27). The van der Waals surface area contributed by atoms with Gasteiger partial charge < -0.3 is 19.4 Å². The highest BCUT2D eigenvalue weighted by Gasteiger charge is 2.15. The summed E-state index contributed by atoms with van der Waals surface area (Å²) in [6.45, 7) is 0.508. The molecule has 0 atom stereocenters. The number of carbonyl (C=O) groups excluding carboxylic acids is 1. The number of imidazole rings is 1. The average molecular weight is 456 g/mol. The lowest BCUT2D eigenvalue weighted by Crippen LogP contribution is -2.06. The van der Waals surface area contributed by atoms with Gasteiger partial charge in [-0.3, -0.25) is 0 Å². The van der Waals surface area contributed by atoms with Crippen LogP contribution in [0.15, 0.2) is 60.7 Å². The van der Waals surface area contributed by atoms with Crippen LogP contribution in [0.25, 0.3) is 11.0 Å². The fraction of sp³-hybridized carbons (Fsp3) is 0.130. The van der Waals surface area contributed by atoms with E-state index in [-0.39, 0.29) is 5.97 Å². The molecule has 0 saturated carbocycles. The number of halogens is 2. The van der Waals surface area contributed by atoms with Crippen LogP contribution >= 0.6 is 23.2 Å². The topological polar surface area (TPSA) is 65.4 Å². The van der Waals surface area contributed by atoms with Crippen LogP contribution in [0, 0.1) is 0 Å². The SMILES string of the molecule is COC(=O)c1ccc(Cn2c(Nc3ccc(OC)cc3)nc3cc(Cl)c(Cl)cc32)cc1. The fourth-order valence-corrected chi connectivity index (χ4v) is 3.54. The zero-order valence-electron chi connectivity index (χ0n) is 16.9. The number of nitrogens with zero attached hydrogens (tertiary/aromatic N) is 2. The predicted molar refractivity (Wildman–Crippen MR) is 123 cm³/mol. The lowest BCUT2D eigenvalue weighted by Gasteiger charge is -2.12. The molecule has 4 aromatic rings. The second kappa shape index (κ2) is 8.88. The molecule has 1 N–H and O–H groups in total. The molecule has 8 heteroatoms. The number of carbonyl (C=O) groups is 1. The third-order valence-electron chi connectivity index (χ3n) is 4.85. The summed E-state index contributed by atoms with van der Waals surface area (Å²) in [4.78, 5) is 16.4. The Hall–Kier alpha value is -3.22. The van der Waals surface area contributed by atoms with Gasteiger partial charge in [0.05, 0.1) is 47.4 Å². The molecule has 0 aliphatic rings. The van der Waals surface area contributed by atoms with E-state index in [0.717, 1.165) is 28.0 Å². The Labute approximate surface area is 189 Å². The van der Waals surface area contributed by atoms with E-state index in [1.54, 1.807) is 31.4 Å². The van der Waals surface area contributed by atoms with Gasteiger partial charge in [0.2, 0.25) is 5.95 Å². The summed E-state index contributed by atoms with van der Waals surface area (Å²) in [5, 5.41) is 4.24. The van der Waals surface area contributed by atoms with E-state index in [9.17, 15) is 4.79 Å². The van der Waals surface area contributed by atoms with E-state index in [1.165, 1.54) is 7.11 Å². The van der Waals surface area contributed by atoms with Crippen LogP contribution in [0.5, 0.6) is 5.75 Å². The monoisotopic (exact) mass is 455 g/mol. The van der Waals surface area contributed by atoms with Gasteiger partial charge in [-0.2, -0.15) is 0 Å². The fourth-order valence-electron chi connectivity index (χ4n) is 3.23. The molecule has 6 nitrogen and oxygen atoms in total. The summed E-state index contributed by atoms with van der Waals surface area (Å²) in [5.41, 5.74) is 3.89. The first-order valence-corrected chi connectivity index (χ1v) is 10.2. The Balaban J connectivity index is 1.73. The number of esters is 1. The van der Waals surface area contributed by atoms with E-state index in [1.807, 2.05) is 41.0 Å². The average Bonchev–Trinajstić information content (AvgIpc) is 3.10. The maximum Gasteiger partial charge on any atom is 0.337 e. The van der Waals surface area contributed by atoms with Crippen molar-refractivity contribution in [2.75, 3.05) is 19.5 Å². The van der Waals surface area contributed by atoms with Crippen molar-refractivity contribution >= 4 is 51.8 Å². The normalized spacial score (nSPS) is 10.8. The van der Waals surface area contributed by atoms with E-state index < -0.39 is 0 Å². The number of methoxy groups -OCH3 is 2. The van der Waals surface area contributed by atoms with E-state index in [0.29, 0.717) is 28.1 Å². The Morgan fingerprint density at radius 2 is 1.68 bits per heavy atom. The highest BCUT2D eigenvalue weighted by Crippen LogP contribution is 2.31. The van der Waals surface area contributed by atoms with Crippen molar-refractivity contribution in [1.82, 2.24) is 9.55 Å². The van der Waals surface area contributed by atoms with Crippen molar-refractivity contribution in [2.45, 2.75) is 6.54 Å². The molecule has 0 fully saturated rings. The highest BCUT2D eigenvalue weighted by atomic mass is 35.5. The van der Waals surface area contributed by atoms with Gasteiger partial charge in [0.1, 0.15) is 5.75 Å². The van der Waals surface area contributed by atoms with Crippen LogP contribution in [0.4, 0.5) is 11.6 Å². The summed E-state index contributed by atoms with van der Waals surface area (Å²) in [5.74, 6) is 1.03. The summed E-state index contributed by atoms with van der Waals surface area (Å²) in [6.07, 6.45) is 0. The molecule has 1 heterocycles. The molecular weight excluding hydrogens is 437 g/mol. The van der Waals surface area contributed by atoms with E-state index in [4.69, 9.17) is 37.7 Å². The number of rotatable bonds is 6. The number of fused-ring (bicyclic) bond motifs is 1. The zero-order chi connectivity index (χ0) is 22.0. The van der Waals surface area contributed by atoms with Gasteiger partial charge in [-0.05, 0) is 54.1 Å². The summed E-state index contributed by atoms with van der Waals surface area (Å²) in [7, 11) is 2.99. The van der Waals surface area contributed by atoms with Gasteiger partial charge in [-0.25, -0.2) is 9.78 Å². The van der Waals surface area contributed by atoms with Crippen molar-refractivity contribution in [3.63, 3.8) is 0 Å². The van der Waals surface area contributed by atoms with E-state index in [2.05, 4.69) is 5.32 Å². The summed E-state index contributed by atoms with van der Waals surface area (Å²) < 4.78 is 12.0. The lowest BCUT2D eigenvalue weighted by molar-refractivity contribution is 0.0600. The molecule has 0 aliphatic carbocycles. The molecule has 3 aromatic carbocycles. The first-order chi connectivity index (χ1) is 15.0. The molecule has 0 unspecified atom stereocenters. The van der Waals surface area contributed by atoms with Crippen LogP contribution in [0.1, 0.15) is 15.9 Å². The van der Waals surface area contributed by atoms with Crippen LogP contribution in [0.2, 0.25) is 10.0 Å². The van der Waals surface area contributed by atoms with Crippen LogP contribution < -0.4 is 10.1 Å². The molecule has 0 amide bonds. The number of aromatic nitrogens is 2. The second-order valence-corrected chi connectivity index (χ2v) is 7.63. The Morgan fingerprint density at radius 3 is 2.32 bits per heavy atom. The number of nitrogens with one attached hydrogen (secondary N) is 1. The largest absolute Gasteiger partial charge is 0.497 e. The minimum absolute atomic E-state index is 0.372. The molecule has 158 valence electrons. The van der Waals surface area contributed by atoms with Crippen molar-refractivity contribution in [1.29, 1.82) is 0 Å². The maximum atomic E-state index is 11.7. The van der Waals surface area contributed by atoms with Crippen LogP contribution in [-0.2, 0) is 11.3 Å². The smallest absolute Gasteiger partial charge is 0.337 e. The molecule has 1 aromatic heterocycles. The van der Waals surface area contributed by atoms with Crippen molar-refractivity contribution < 1.29 is 14.3 Å². The van der Waals surface area contributed by atoms with Crippen molar-refractivity contribution in [3.05, 3.63) is 81.8 Å². The second-order valence-electron chi connectivity index (χ2n) is 6.82. The molecule has 0 spiro atoms. The Kier molecular flexibility index (Phi) is 6.02. The van der Waals surface area contributed by atoms with Crippen molar-refractivity contribution in [2.24, 2.45) is 0 Å². The number of ether oxygens (including phenoxy) is 2. The molecule has 0 radical (unpaired) electrons. The van der Waals surface area contributed by atoms with Gasteiger partial charge in [0.15, 0.2) is 0 Å². The quantitative estimate of drug-likeness (QED) is 0.365. The number of anilines is 2. The number of hydrogen-bond acceptors (Lipinski definition) is 5. The zero-order valence-corrected chi connectivity index (χ0v) is 18.4. The Morgan fingerprint density at radius 1 is 1.00 bits per heavy atom. The van der Waals surface area contributed by atoms with Gasteiger partial charge in [-0.15, -0.1) is 0 Å². The molecule has 0 saturated heterocycles. The molecule has 0 bridgehead atoms. The molecular formula is C23H19Cl2N3O3. The molecule has 31 heavy (non-hydrogen) atoms. The molecule has 0 aliphatic heterocycles. The van der Waals surface area contributed by atoms with Gasteiger partial charge in [0, 0.05) is 5.69 Å². The highest BCUT2D eigenvalue weighted by molar-refractivity contribution is 6.42.